The molecule has 2 aromatic rings. The van der Waals surface area contributed by atoms with Gasteiger partial charge >= 0.3 is 0 Å². The largest absolute Gasteiger partial charge is 0.362 e. The van der Waals surface area contributed by atoms with E-state index in [0.29, 0.717) is 0 Å². The summed E-state index contributed by atoms with van der Waals surface area (Å²) in [6, 6.07) is 10.8. The molecule has 1 aromatic heterocycles. The number of hydrogen-bond acceptors (Lipinski definition) is 3. The van der Waals surface area contributed by atoms with Gasteiger partial charge < -0.3 is 10.2 Å². The van der Waals surface area contributed by atoms with Crippen LogP contribution in [0, 0.1) is 0 Å². The zero-order valence-electron chi connectivity index (χ0n) is 11.3. The van der Waals surface area contributed by atoms with E-state index in [4.69, 9.17) is 0 Å². The van der Waals surface area contributed by atoms with Crippen molar-refractivity contribution < 1.29 is 0 Å². The molecule has 19 heavy (non-hydrogen) atoms. The SMILES string of the molecule is CCNCc1cnccc1N1Cc2ccccc2C1. The van der Waals surface area contributed by atoms with E-state index < -0.39 is 0 Å². The molecule has 1 aliphatic heterocycles. The minimum Gasteiger partial charge on any atom is -0.362 e. The van der Waals surface area contributed by atoms with Gasteiger partial charge in [0.15, 0.2) is 0 Å². The predicted octanol–water partition coefficient (Wildman–Crippen LogP) is 2.71. The van der Waals surface area contributed by atoms with Crippen LogP contribution in [0.1, 0.15) is 23.6 Å². The first-order chi connectivity index (χ1) is 9.38. The van der Waals surface area contributed by atoms with Gasteiger partial charge in [0.05, 0.1) is 0 Å². The maximum absolute atomic E-state index is 4.25. The molecule has 0 saturated carbocycles. The number of benzene rings is 1. The summed E-state index contributed by atoms with van der Waals surface area (Å²) < 4.78 is 0. The minimum atomic E-state index is 0.881. The topological polar surface area (TPSA) is 28.2 Å². The van der Waals surface area contributed by atoms with Crippen LogP contribution in [0.3, 0.4) is 0 Å². The van der Waals surface area contributed by atoms with E-state index >= 15 is 0 Å². The van der Waals surface area contributed by atoms with Crippen molar-refractivity contribution in [3.8, 4) is 0 Å². The van der Waals surface area contributed by atoms with E-state index in [2.05, 4.69) is 52.5 Å². The highest BCUT2D eigenvalue weighted by molar-refractivity contribution is 5.56. The number of hydrogen-bond donors (Lipinski definition) is 1. The Morgan fingerprint density at radius 2 is 1.89 bits per heavy atom. The maximum atomic E-state index is 4.25. The van der Waals surface area contributed by atoms with Crippen LogP contribution >= 0.6 is 0 Å². The molecule has 0 saturated heterocycles. The molecule has 0 radical (unpaired) electrons. The van der Waals surface area contributed by atoms with Crippen molar-refractivity contribution in [1.82, 2.24) is 10.3 Å². The van der Waals surface area contributed by atoms with Gasteiger partial charge in [0.2, 0.25) is 0 Å². The molecule has 98 valence electrons. The molecule has 0 bridgehead atoms. The van der Waals surface area contributed by atoms with Crippen LogP contribution in [-0.4, -0.2) is 11.5 Å². The summed E-state index contributed by atoms with van der Waals surface area (Å²) in [7, 11) is 0. The first kappa shape index (κ1) is 12.2. The molecule has 1 aliphatic rings. The van der Waals surface area contributed by atoms with Crippen LogP contribution in [0.15, 0.2) is 42.7 Å². The Morgan fingerprint density at radius 1 is 1.16 bits per heavy atom. The van der Waals surface area contributed by atoms with Gasteiger partial charge in [-0.2, -0.15) is 0 Å². The van der Waals surface area contributed by atoms with Crippen molar-refractivity contribution in [2.45, 2.75) is 26.6 Å². The normalized spacial score (nSPS) is 13.6. The van der Waals surface area contributed by atoms with E-state index in [1.54, 1.807) is 0 Å². The van der Waals surface area contributed by atoms with Crippen LogP contribution in [0.25, 0.3) is 0 Å². The smallest absolute Gasteiger partial charge is 0.0448 e. The third kappa shape index (κ3) is 2.47. The number of rotatable bonds is 4. The predicted molar refractivity (Wildman–Crippen MR) is 77.9 cm³/mol. The fourth-order valence-corrected chi connectivity index (χ4v) is 2.63. The average molecular weight is 253 g/mol. The highest BCUT2D eigenvalue weighted by Gasteiger charge is 2.20. The molecule has 0 aliphatic carbocycles. The third-order valence-electron chi connectivity index (χ3n) is 3.62. The average Bonchev–Trinajstić information content (AvgIpc) is 2.89. The maximum Gasteiger partial charge on any atom is 0.0448 e. The molecule has 2 heterocycles. The molecule has 1 aromatic carbocycles. The monoisotopic (exact) mass is 253 g/mol. The molecule has 3 rings (SSSR count). The molecule has 0 atom stereocenters. The lowest BCUT2D eigenvalue weighted by Crippen LogP contribution is -2.19. The molecule has 0 spiro atoms. The highest BCUT2D eigenvalue weighted by Crippen LogP contribution is 2.29. The second-order valence-electron chi connectivity index (χ2n) is 4.91. The van der Waals surface area contributed by atoms with Crippen LogP contribution < -0.4 is 10.2 Å². The summed E-state index contributed by atoms with van der Waals surface area (Å²) >= 11 is 0. The van der Waals surface area contributed by atoms with Crippen molar-refractivity contribution in [3.05, 3.63) is 59.4 Å². The summed E-state index contributed by atoms with van der Waals surface area (Å²) in [5, 5.41) is 3.38. The van der Waals surface area contributed by atoms with Crippen LogP contribution in [-0.2, 0) is 19.6 Å². The van der Waals surface area contributed by atoms with E-state index in [1.807, 2.05) is 12.4 Å². The van der Waals surface area contributed by atoms with Crippen molar-refractivity contribution in [2.24, 2.45) is 0 Å². The molecule has 3 heteroatoms. The summed E-state index contributed by atoms with van der Waals surface area (Å²) in [5.41, 5.74) is 5.45. The summed E-state index contributed by atoms with van der Waals surface area (Å²) in [5.74, 6) is 0. The van der Waals surface area contributed by atoms with Gasteiger partial charge in [0.1, 0.15) is 0 Å². The number of aromatic nitrogens is 1. The fraction of sp³-hybridized carbons (Fsp3) is 0.312. The Hall–Kier alpha value is -1.87. The zero-order valence-corrected chi connectivity index (χ0v) is 11.3. The van der Waals surface area contributed by atoms with E-state index in [0.717, 1.165) is 26.2 Å². The number of nitrogens with one attached hydrogen (secondary N) is 1. The van der Waals surface area contributed by atoms with E-state index in [9.17, 15) is 0 Å². The van der Waals surface area contributed by atoms with Gasteiger partial charge in [-0.05, 0) is 23.7 Å². The van der Waals surface area contributed by atoms with E-state index in [1.165, 1.54) is 22.4 Å². The quantitative estimate of drug-likeness (QED) is 0.908. The Labute approximate surface area is 114 Å². The molecule has 0 unspecified atom stereocenters. The van der Waals surface area contributed by atoms with Gasteiger partial charge in [0.25, 0.3) is 0 Å². The number of nitrogens with zero attached hydrogens (tertiary/aromatic N) is 2. The Morgan fingerprint density at radius 3 is 2.58 bits per heavy atom. The highest BCUT2D eigenvalue weighted by atomic mass is 15.1. The first-order valence-corrected chi connectivity index (χ1v) is 6.84. The van der Waals surface area contributed by atoms with Gasteiger partial charge in [-0.15, -0.1) is 0 Å². The molecule has 0 amide bonds. The second-order valence-corrected chi connectivity index (χ2v) is 4.91. The van der Waals surface area contributed by atoms with E-state index in [-0.39, 0.29) is 0 Å². The Bertz CT molecular complexity index is 540. The van der Waals surface area contributed by atoms with Crippen molar-refractivity contribution >= 4 is 5.69 Å². The summed E-state index contributed by atoms with van der Waals surface area (Å²) in [6.07, 6.45) is 3.86. The molecule has 0 fully saturated rings. The van der Waals surface area contributed by atoms with Gasteiger partial charge in [-0.3, -0.25) is 4.98 Å². The van der Waals surface area contributed by atoms with Gasteiger partial charge in [-0.1, -0.05) is 31.2 Å². The minimum absolute atomic E-state index is 0.881. The molecular weight excluding hydrogens is 234 g/mol. The molecule has 3 nitrogen and oxygen atoms in total. The van der Waals surface area contributed by atoms with Crippen molar-refractivity contribution in [3.63, 3.8) is 0 Å². The van der Waals surface area contributed by atoms with Gasteiger partial charge in [-0.25, -0.2) is 0 Å². The first-order valence-electron chi connectivity index (χ1n) is 6.84. The molecular formula is C16H19N3. The zero-order chi connectivity index (χ0) is 13.1. The van der Waals surface area contributed by atoms with Crippen LogP contribution in [0.5, 0.6) is 0 Å². The van der Waals surface area contributed by atoms with Crippen molar-refractivity contribution in [1.29, 1.82) is 0 Å². The summed E-state index contributed by atoms with van der Waals surface area (Å²) in [6.45, 7) is 5.99. The number of fused-ring (bicyclic) bond motifs is 1. The van der Waals surface area contributed by atoms with Crippen LogP contribution in [0.2, 0.25) is 0 Å². The fourth-order valence-electron chi connectivity index (χ4n) is 2.63. The third-order valence-corrected chi connectivity index (χ3v) is 3.62. The van der Waals surface area contributed by atoms with Crippen molar-refractivity contribution in [2.75, 3.05) is 11.4 Å². The lowest BCUT2D eigenvalue weighted by Gasteiger charge is -2.21. The lowest BCUT2D eigenvalue weighted by atomic mass is 10.1. The lowest BCUT2D eigenvalue weighted by molar-refractivity contribution is 0.718. The Kier molecular flexibility index (Phi) is 3.47. The molecule has 1 N–H and O–H groups in total. The van der Waals surface area contributed by atoms with Gasteiger partial charge in [0, 0.05) is 43.3 Å². The Balaban J connectivity index is 1.84. The standard InChI is InChI=1S/C16H19N3/c1-2-17-9-15-10-18-8-7-16(15)19-11-13-5-3-4-6-14(13)12-19/h3-8,10,17H,2,9,11-12H2,1H3. The summed E-state index contributed by atoms with van der Waals surface area (Å²) in [4.78, 5) is 6.68. The number of pyridine rings is 1. The van der Waals surface area contributed by atoms with Crippen LogP contribution in [0.4, 0.5) is 5.69 Å². The number of anilines is 1. The second kappa shape index (κ2) is 5.41.